The molecule has 0 unspecified atom stereocenters. The van der Waals surface area contributed by atoms with Gasteiger partial charge in [-0.25, -0.2) is 4.98 Å². The first-order valence-electron chi connectivity index (χ1n) is 8.23. The van der Waals surface area contributed by atoms with Gasteiger partial charge in [0.05, 0.1) is 24.3 Å². The van der Waals surface area contributed by atoms with Gasteiger partial charge in [0.25, 0.3) is 5.56 Å². The molecule has 0 spiro atoms. The molecule has 0 radical (unpaired) electrons. The van der Waals surface area contributed by atoms with E-state index in [2.05, 4.69) is 15.8 Å². The number of amides is 2. The first-order chi connectivity index (χ1) is 12.5. The molecule has 2 N–H and O–H groups in total. The van der Waals surface area contributed by atoms with Crippen molar-refractivity contribution in [3.8, 4) is 0 Å². The molecule has 8 nitrogen and oxygen atoms in total. The summed E-state index contributed by atoms with van der Waals surface area (Å²) in [4.78, 5) is 42.3. The Kier molecular flexibility index (Phi) is 5.94. The van der Waals surface area contributed by atoms with Crippen molar-refractivity contribution in [3.63, 3.8) is 0 Å². The van der Waals surface area contributed by atoms with Crippen LogP contribution in [0.3, 0.4) is 0 Å². The Labute approximate surface area is 158 Å². The molecule has 3 rings (SSSR count). The third kappa shape index (κ3) is 3.92. The molecular formula is C16H20N4O4S2. The molecule has 10 heteroatoms. The molecule has 1 aliphatic carbocycles. The van der Waals surface area contributed by atoms with E-state index in [9.17, 15) is 14.4 Å². The molecule has 26 heavy (non-hydrogen) atoms. The van der Waals surface area contributed by atoms with Crippen LogP contribution in [0.15, 0.2) is 9.95 Å². The van der Waals surface area contributed by atoms with Gasteiger partial charge in [-0.15, -0.1) is 11.3 Å². The highest BCUT2D eigenvalue weighted by Crippen LogP contribution is 2.35. The first kappa shape index (κ1) is 18.9. The molecule has 140 valence electrons. The maximum absolute atomic E-state index is 13.0. The number of methoxy groups -OCH3 is 1. The summed E-state index contributed by atoms with van der Waals surface area (Å²) in [6.45, 7) is 2.06. The second kappa shape index (κ2) is 8.19. The quantitative estimate of drug-likeness (QED) is 0.426. The van der Waals surface area contributed by atoms with Gasteiger partial charge in [-0.1, -0.05) is 11.8 Å². The highest BCUT2D eigenvalue weighted by atomic mass is 32.2. The number of hydrogen-bond donors (Lipinski definition) is 2. The zero-order valence-corrected chi connectivity index (χ0v) is 16.2. The van der Waals surface area contributed by atoms with E-state index in [0.29, 0.717) is 23.7 Å². The zero-order valence-electron chi connectivity index (χ0n) is 14.6. The van der Waals surface area contributed by atoms with Crippen LogP contribution < -0.4 is 16.4 Å². The lowest BCUT2D eigenvalue weighted by atomic mass is 10.2. The van der Waals surface area contributed by atoms with Gasteiger partial charge in [0, 0.05) is 18.9 Å². The van der Waals surface area contributed by atoms with Gasteiger partial charge in [0.1, 0.15) is 4.83 Å². The molecule has 1 aliphatic rings. The van der Waals surface area contributed by atoms with Gasteiger partial charge in [-0.2, -0.15) is 0 Å². The monoisotopic (exact) mass is 396 g/mol. The van der Waals surface area contributed by atoms with Crippen molar-refractivity contribution in [1.29, 1.82) is 0 Å². The standard InChI is InChI=1S/C16H20N4O4S2/c1-9(21)18-19-12(22)8-25-16-17-14-13(10-4-3-5-11(10)26-14)15(23)20(16)6-7-24-2/h3-8H2,1-2H3,(H,18,21)(H,19,22). The van der Waals surface area contributed by atoms with E-state index in [0.717, 1.165) is 29.7 Å². The first-order valence-corrected chi connectivity index (χ1v) is 10.0. The highest BCUT2D eigenvalue weighted by Gasteiger charge is 2.23. The normalized spacial score (nSPS) is 13.0. The molecule has 0 atom stereocenters. The van der Waals surface area contributed by atoms with Gasteiger partial charge in [-0.05, 0) is 24.8 Å². The van der Waals surface area contributed by atoms with E-state index >= 15 is 0 Å². The highest BCUT2D eigenvalue weighted by molar-refractivity contribution is 7.99. The van der Waals surface area contributed by atoms with Crippen LogP contribution in [0.25, 0.3) is 10.2 Å². The van der Waals surface area contributed by atoms with E-state index in [1.165, 1.54) is 23.6 Å². The van der Waals surface area contributed by atoms with E-state index < -0.39 is 0 Å². The number of carbonyl (C=O) groups excluding carboxylic acids is 2. The number of fused-ring (bicyclic) bond motifs is 3. The number of ether oxygens (including phenoxy) is 1. The Bertz CT molecular complexity index is 906. The van der Waals surface area contributed by atoms with Crippen LogP contribution in [0.4, 0.5) is 0 Å². The van der Waals surface area contributed by atoms with E-state index in [-0.39, 0.29) is 23.1 Å². The molecule has 0 bridgehead atoms. The van der Waals surface area contributed by atoms with Crippen LogP contribution in [-0.2, 0) is 33.7 Å². The zero-order chi connectivity index (χ0) is 18.7. The van der Waals surface area contributed by atoms with Crippen molar-refractivity contribution in [2.75, 3.05) is 19.5 Å². The maximum atomic E-state index is 13.0. The van der Waals surface area contributed by atoms with E-state index in [4.69, 9.17) is 4.74 Å². The van der Waals surface area contributed by atoms with Crippen molar-refractivity contribution in [2.45, 2.75) is 37.9 Å². The molecule has 0 saturated heterocycles. The molecule has 2 heterocycles. The summed E-state index contributed by atoms with van der Waals surface area (Å²) in [5.41, 5.74) is 5.60. The average molecular weight is 396 g/mol. The molecule has 0 fully saturated rings. The van der Waals surface area contributed by atoms with Gasteiger partial charge in [0.2, 0.25) is 11.8 Å². The third-order valence-electron chi connectivity index (χ3n) is 4.02. The number of hydrogen-bond acceptors (Lipinski definition) is 7. The van der Waals surface area contributed by atoms with Crippen LogP contribution in [0.2, 0.25) is 0 Å². The predicted octanol–water partition coefficient (Wildman–Crippen LogP) is 0.853. The van der Waals surface area contributed by atoms with Gasteiger partial charge >= 0.3 is 0 Å². The minimum Gasteiger partial charge on any atom is -0.383 e. The van der Waals surface area contributed by atoms with Crippen LogP contribution >= 0.6 is 23.1 Å². The smallest absolute Gasteiger partial charge is 0.263 e. The summed E-state index contributed by atoms with van der Waals surface area (Å²) in [7, 11) is 1.58. The topological polar surface area (TPSA) is 102 Å². The third-order valence-corrected chi connectivity index (χ3v) is 6.18. The van der Waals surface area contributed by atoms with Gasteiger partial charge in [-0.3, -0.25) is 29.8 Å². The average Bonchev–Trinajstić information content (AvgIpc) is 3.18. The number of nitrogens with zero attached hydrogens (tertiary/aromatic N) is 2. The van der Waals surface area contributed by atoms with Crippen molar-refractivity contribution >= 4 is 45.1 Å². The minimum absolute atomic E-state index is 0.0380. The lowest BCUT2D eigenvalue weighted by Gasteiger charge is -2.12. The van der Waals surface area contributed by atoms with E-state index in [1.54, 1.807) is 23.0 Å². The van der Waals surface area contributed by atoms with E-state index in [1.807, 2.05) is 0 Å². The largest absolute Gasteiger partial charge is 0.383 e. The summed E-state index contributed by atoms with van der Waals surface area (Å²) in [6.07, 6.45) is 2.99. The summed E-state index contributed by atoms with van der Waals surface area (Å²) < 4.78 is 6.69. The fourth-order valence-electron chi connectivity index (χ4n) is 2.87. The Morgan fingerprint density at radius 2 is 2.15 bits per heavy atom. The van der Waals surface area contributed by atoms with Gasteiger partial charge in [0.15, 0.2) is 5.16 Å². The lowest BCUT2D eigenvalue weighted by molar-refractivity contribution is -0.126. The number of aryl methyl sites for hydroxylation is 2. The van der Waals surface area contributed by atoms with Crippen LogP contribution in [0.1, 0.15) is 23.8 Å². The molecular weight excluding hydrogens is 376 g/mol. The van der Waals surface area contributed by atoms with Crippen molar-refractivity contribution in [2.24, 2.45) is 0 Å². The van der Waals surface area contributed by atoms with Crippen LogP contribution in [-0.4, -0.2) is 40.8 Å². The fraction of sp³-hybridized carbons (Fsp3) is 0.500. The van der Waals surface area contributed by atoms with Crippen molar-refractivity contribution in [3.05, 3.63) is 20.8 Å². The maximum Gasteiger partial charge on any atom is 0.263 e. The van der Waals surface area contributed by atoms with Crippen LogP contribution in [0.5, 0.6) is 0 Å². The summed E-state index contributed by atoms with van der Waals surface area (Å²) >= 11 is 2.74. The molecule has 0 aromatic carbocycles. The van der Waals surface area contributed by atoms with Crippen molar-refractivity contribution in [1.82, 2.24) is 20.4 Å². The molecule has 0 saturated carbocycles. The predicted molar refractivity (Wildman–Crippen MR) is 100 cm³/mol. The number of thioether (sulfide) groups is 1. The molecule has 0 aliphatic heterocycles. The SMILES string of the molecule is COCCn1c(SCC(=O)NNC(C)=O)nc2sc3c(c2c1=O)CCC3. The Morgan fingerprint density at radius 1 is 1.35 bits per heavy atom. The summed E-state index contributed by atoms with van der Waals surface area (Å²) in [6, 6.07) is 0. The number of carbonyl (C=O) groups is 2. The lowest BCUT2D eigenvalue weighted by Crippen LogP contribution is -2.41. The number of rotatable bonds is 6. The second-order valence-electron chi connectivity index (χ2n) is 5.90. The Balaban J connectivity index is 1.89. The van der Waals surface area contributed by atoms with Crippen LogP contribution in [0, 0.1) is 0 Å². The number of nitrogens with one attached hydrogen (secondary N) is 2. The van der Waals surface area contributed by atoms with Gasteiger partial charge < -0.3 is 4.74 Å². The molecule has 2 amide bonds. The molecule has 2 aromatic rings. The number of hydrazine groups is 1. The number of thiophene rings is 1. The van der Waals surface area contributed by atoms with Crippen molar-refractivity contribution < 1.29 is 14.3 Å². The summed E-state index contributed by atoms with van der Waals surface area (Å²) in [5, 5.41) is 1.20. The minimum atomic E-state index is -0.369. The fourth-order valence-corrected chi connectivity index (χ4v) is 5.00. The Morgan fingerprint density at radius 3 is 2.88 bits per heavy atom. The Hall–Kier alpha value is -1.91. The summed E-state index contributed by atoms with van der Waals surface area (Å²) in [5.74, 6) is -0.685. The second-order valence-corrected chi connectivity index (χ2v) is 7.93. The number of aromatic nitrogens is 2. The molecule has 2 aromatic heterocycles.